The lowest BCUT2D eigenvalue weighted by molar-refractivity contribution is 0.158. The third-order valence-electron chi connectivity index (χ3n) is 6.06. The van der Waals surface area contributed by atoms with E-state index in [-0.39, 0.29) is 6.03 Å². The number of anilines is 2. The highest BCUT2D eigenvalue weighted by atomic mass is 16.5. The van der Waals surface area contributed by atoms with Crippen LogP contribution < -0.4 is 14.5 Å². The minimum absolute atomic E-state index is 0.0113. The Morgan fingerprint density at radius 3 is 2.55 bits per heavy atom. The van der Waals surface area contributed by atoms with Crippen molar-refractivity contribution < 1.29 is 14.3 Å². The van der Waals surface area contributed by atoms with Crippen molar-refractivity contribution in [3.8, 4) is 5.75 Å². The van der Waals surface area contributed by atoms with Crippen molar-refractivity contribution in [1.29, 1.82) is 0 Å². The third kappa shape index (κ3) is 4.34. The molecule has 0 saturated carbocycles. The van der Waals surface area contributed by atoms with Crippen LogP contribution >= 0.6 is 0 Å². The maximum absolute atomic E-state index is 13.1. The number of rotatable bonds is 6. The Morgan fingerprint density at radius 1 is 1.06 bits per heavy atom. The van der Waals surface area contributed by atoms with Gasteiger partial charge in [-0.25, -0.2) is 14.8 Å². The maximum atomic E-state index is 13.1. The minimum atomic E-state index is -0.0113. The van der Waals surface area contributed by atoms with Crippen LogP contribution in [0.5, 0.6) is 5.75 Å². The lowest BCUT2D eigenvalue weighted by Gasteiger charge is -2.41. The molecule has 0 unspecified atom stereocenters. The number of amides is 2. The summed E-state index contributed by atoms with van der Waals surface area (Å²) in [6.45, 7) is 2.75. The van der Waals surface area contributed by atoms with Crippen molar-refractivity contribution >= 4 is 17.5 Å². The van der Waals surface area contributed by atoms with Crippen LogP contribution in [0.25, 0.3) is 0 Å². The van der Waals surface area contributed by atoms with Crippen molar-refractivity contribution in [2.24, 2.45) is 0 Å². The second-order valence-corrected chi connectivity index (χ2v) is 8.42. The number of hydrogen-bond acceptors (Lipinski definition) is 6. The molecular formula is C25H27N5O3. The second-order valence-electron chi connectivity index (χ2n) is 8.42. The molecule has 1 aromatic heterocycles. The Bertz CT molecular complexity index is 1120. The molecule has 8 heteroatoms. The molecule has 2 aliphatic rings. The molecule has 5 rings (SSSR count). The molecular weight excluding hydrogens is 418 g/mol. The monoisotopic (exact) mass is 445 g/mol. The first-order chi connectivity index (χ1) is 16.1. The van der Waals surface area contributed by atoms with Crippen molar-refractivity contribution in [1.82, 2.24) is 14.9 Å². The molecule has 0 spiro atoms. The highest BCUT2D eigenvalue weighted by molar-refractivity contribution is 5.98. The molecule has 3 aromatic rings. The van der Waals surface area contributed by atoms with E-state index < -0.39 is 0 Å². The summed E-state index contributed by atoms with van der Waals surface area (Å²) in [4.78, 5) is 27.5. The minimum Gasteiger partial charge on any atom is -0.489 e. The molecule has 8 nitrogen and oxygen atoms in total. The van der Waals surface area contributed by atoms with Crippen LogP contribution in [0.3, 0.4) is 0 Å². The van der Waals surface area contributed by atoms with E-state index in [1.165, 1.54) is 5.56 Å². The molecule has 1 saturated heterocycles. The van der Waals surface area contributed by atoms with Gasteiger partial charge >= 0.3 is 6.03 Å². The first kappa shape index (κ1) is 21.2. The number of hydrogen-bond donors (Lipinski definition) is 0. The molecule has 2 aliphatic heterocycles. The average molecular weight is 446 g/mol. The molecule has 33 heavy (non-hydrogen) atoms. The molecule has 0 aliphatic carbocycles. The van der Waals surface area contributed by atoms with Gasteiger partial charge in [-0.2, -0.15) is 0 Å². The molecule has 1 fully saturated rings. The van der Waals surface area contributed by atoms with Gasteiger partial charge in [-0.1, -0.05) is 42.5 Å². The fraction of sp³-hybridized carbons (Fsp3) is 0.320. The van der Waals surface area contributed by atoms with Crippen LogP contribution in [-0.4, -0.2) is 54.8 Å². The fourth-order valence-electron chi connectivity index (χ4n) is 4.18. The topological polar surface area (TPSA) is 71.0 Å². The van der Waals surface area contributed by atoms with Crippen LogP contribution in [0.4, 0.5) is 16.3 Å². The Hall–Kier alpha value is -3.65. The zero-order valence-corrected chi connectivity index (χ0v) is 18.8. The molecule has 2 amide bonds. The third-order valence-corrected chi connectivity index (χ3v) is 6.06. The number of aromatic nitrogens is 2. The number of fused-ring (bicyclic) bond motifs is 1. The van der Waals surface area contributed by atoms with E-state index in [0.29, 0.717) is 44.7 Å². The SMILES string of the molecule is COCc1ncc2c(n1)N(C)CN2C(=O)N1CC(c2ccc(OCc3ccccc3)cc2)C1. The summed E-state index contributed by atoms with van der Waals surface area (Å²) in [5.74, 6) is 2.54. The van der Waals surface area contributed by atoms with Gasteiger partial charge in [0.1, 0.15) is 31.3 Å². The largest absolute Gasteiger partial charge is 0.489 e. The molecule has 0 N–H and O–H groups in total. The summed E-state index contributed by atoms with van der Waals surface area (Å²) >= 11 is 0. The Kier molecular flexibility index (Phi) is 5.83. The highest BCUT2D eigenvalue weighted by Gasteiger charge is 2.38. The summed E-state index contributed by atoms with van der Waals surface area (Å²) in [5.41, 5.74) is 3.10. The van der Waals surface area contributed by atoms with Gasteiger partial charge in [0, 0.05) is 33.2 Å². The number of methoxy groups -OCH3 is 1. The van der Waals surface area contributed by atoms with E-state index in [4.69, 9.17) is 9.47 Å². The van der Waals surface area contributed by atoms with Crippen molar-refractivity contribution in [2.75, 3.05) is 43.7 Å². The molecule has 0 atom stereocenters. The number of nitrogens with zero attached hydrogens (tertiary/aromatic N) is 5. The van der Waals surface area contributed by atoms with Gasteiger partial charge in [-0.3, -0.25) is 4.90 Å². The average Bonchev–Trinajstić information content (AvgIpc) is 3.14. The van der Waals surface area contributed by atoms with Gasteiger partial charge in [0.25, 0.3) is 0 Å². The fourth-order valence-corrected chi connectivity index (χ4v) is 4.18. The number of urea groups is 1. The zero-order valence-electron chi connectivity index (χ0n) is 18.8. The van der Waals surface area contributed by atoms with Crippen molar-refractivity contribution in [3.63, 3.8) is 0 Å². The van der Waals surface area contributed by atoms with Crippen LogP contribution in [0.1, 0.15) is 22.9 Å². The van der Waals surface area contributed by atoms with Gasteiger partial charge in [-0.05, 0) is 23.3 Å². The first-order valence-electron chi connectivity index (χ1n) is 11.0. The van der Waals surface area contributed by atoms with Gasteiger partial charge in [0.2, 0.25) is 0 Å². The number of ether oxygens (including phenoxy) is 2. The number of carbonyl (C=O) groups excluding carboxylic acids is 1. The summed E-state index contributed by atoms with van der Waals surface area (Å²) in [7, 11) is 3.54. The van der Waals surface area contributed by atoms with Gasteiger partial charge < -0.3 is 19.3 Å². The standard InChI is InChI=1S/C25H27N5O3/c1-28-17-30(22-12-26-23(16-32-2)27-24(22)28)25(31)29-13-20(14-29)19-8-10-21(11-9-19)33-15-18-6-4-3-5-7-18/h3-12,20H,13-17H2,1-2H3. The first-order valence-corrected chi connectivity index (χ1v) is 11.0. The smallest absolute Gasteiger partial charge is 0.326 e. The summed E-state index contributed by atoms with van der Waals surface area (Å²) in [6, 6.07) is 18.3. The number of carbonyl (C=O) groups is 1. The van der Waals surface area contributed by atoms with Crippen molar-refractivity contribution in [2.45, 2.75) is 19.1 Å². The van der Waals surface area contributed by atoms with Gasteiger partial charge in [0.15, 0.2) is 11.6 Å². The van der Waals surface area contributed by atoms with Crippen LogP contribution in [-0.2, 0) is 18.0 Å². The molecule has 170 valence electrons. The van der Waals surface area contributed by atoms with Crippen molar-refractivity contribution in [3.05, 3.63) is 77.7 Å². The highest BCUT2D eigenvalue weighted by Crippen LogP contribution is 2.36. The van der Waals surface area contributed by atoms with E-state index in [9.17, 15) is 4.79 Å². The molecule has 2 aromatic carbocycles. The Balaban J connectivity index is 1.17. The normalized spacial score (nSPS) is 15.4. The van der Waals surface area contributed by atoms with E-state index in [0.717, 1.165) is 22.8 Å². The molecule has 0 bridgehead atoms. The number of likely N-dealkylation sites (tertiary alicyclic amines) is 1. The second kappa shape index (κ2) is 9.07. The van der Waals surface area contributed by atoms with Crippen LogP contribution in [0.2, 0.25) is 0 Å². The van der Waals surface area contributed by atoms with E-state index >= 15 is 0 Å². The zero-order chi connectivity index (χ0) is 22.8. The van der Waals surface area contributed by atoms with E-state index in [2.05, 4.69) is 34.2 Å². The van der Waals surface area contributed by atoms with Gasteiger partial charge in [-0.15, -0.1) is 0 Å². The Morgan fingerprint density at radius 2 is 1.82 bits per heavy atom. The van der Waals surface area contributed by atoms with Crippen LogP contribution in [0.15, 0.2) is 60.8 Å². The summed E-state index contributed by atoms with van der Waals surface area (Å²) in [6.07, 6.45) is 1.71. The predicted octanol–water partition coefficient (Wildman–Crippen LogP) is 3.64. The maximum Gasteiger partial charge on any atom is 0.326 e. The predicted molar refractivity (Wildman–Crippen MR) is 125 cm³/mol. The molecule has 3 heterocycles. The quantitative estimate of drug-likeness (QED) is 0.577. The lowest BCUT2D eigenvalue weighted by atomic mass is 9.92. The van der Waals surface area contributed by atoms with Crippen LogP contribution in [0, 0.1) is 0 Å². The lowest BCUT2D eigenvalue weighted by Crippen LogP contribution is -2.54. The molecule has 0 radical (unpaired) electrons. The number of benzene rings is 2. The van der Waals surface area contributed by atoms with E-state index in [1.54, 1.807) is 18.2 Å². The van der Waals surface area contributed by atoms with E-state index in [1.807, 2.05) is 47.2 Å². The Labute approximate surface area is 193 Å². The van der Waals surface area contributed by atoms with Gasteiger partial charge in [0.05, 0.1) is 6.20 Å². The summed E-state index contributed by atoms with van der Waals surface area (Å²) in [5, 5.41) is 0. The summed E-state index contributed by atoms with van der Waals surface area (Å²) < 4.78 is 11.0.